The molecular formula is C19H22O4. The standard InChI is InChI=1S/C19H22O4/c1-13-17(21-3)11-15(12-18(13)22-4)7-6-14-8-9-16(20-2)19(10-14)23-5/h6-12H,1-5H3. The van der Waals surface area contributed by atoms with Gasteiger partial charge in [0.1, 0.15) is 11.5 Å². The van der Waals surface area contributed by atoms with E-state index in [1.165, 1.54) is 0 Å². The third kappa shape index (κ3) is 3.77. The van der Waals surface area contributed by atoms with Crippen LogP contribution in [0.1, 0.15) is 16.7 Å². The molecule has 0 heterocycles. The summed E-state index contributed by atoms with van der Waals surface area (Å²) in [5.74, 6) is 3.02. The van der Waals surface area contributed by atoms with E-state index in [0.717, 1.165) is 28.2 Å². The third-order valence-corrected chi connectivity index (χ3v) is 3.65. The van der Waals surface area contributed by atoms with Crippen LogP contribution in [0.2, 0.25) is 0 Å². The average molecular weight is 314 g/mol. The Morgan fingerprint density at radius 1 is 0.609 bits per heavy atom. The molecular weight excluding hydrogens is 292 g/mol. The van der Waals surface area contributed by atoms with Crippen molar-refractivity contribution in [1.29, 1.82) is 0 Å². The van der Waals surface area contributed by atoms with Gasteiger partial charge in [-0.3, -0.25) is 0 Å². The van der Waals surface area contributed by atoms with E-state index in [2.05, 4.69) is 0 Å². The minimum absolute atomic E-state index is 0.703. The fourth-order valence-corrected chi connectivity index (χ4v) is 2.35. The van der Waals surface area contributed by atoms with Crippen molar-refractivity contribution in [1.82, 2.24) is 0 Å². The predicted molar refractivity (Wildman–Crippen MR) is 92.8 cm³/mol. The molecule has 0 aliphatic carbocycles. The summed E-state index contributed by atoms with van der Waals surface area (Å²) in [6.07, 6.45) is 4.01. The van der Waals surface area contributed by atoms with Gasteiger partial charge >= 0.3 is 0 Å². The van der Waals surface area contributed by atoms with Crippen LogP contribution in [0.3, 0.4) is 0 Å². The summed E-state index contributed by atoms with van der Waals surface area (Å²) in [6, 6.07) is 9.75. The molecule has 2 aromatic carbocycles. The zero-order chi connectivity index (χ0) is 16.8. The van der Waals surface area contributed by atoms with Crippen LogP contribution in [0.5, 0.6) is 23.0 Å². The van der Waals surface area contributed by atoms with Gasteiger partial charge in [0.2, 0.25) is 0 Å². The van der Waals surface area contributed by atoms with E-state index in [0.29, 0.717) is 11.5 Å². The Morgan fingerprint density at radius 2 is 1.09 bits per heavy atom. The Labute approximate surface area is 137 Å². The van der Waals surface area contributed by atoms with Gasteiger partial charge in [-0.25, -0.2) is 0 Å². The first-order valence-electron chi connectivity index (χ1n) is 7.25. The lowest BCUT2D eigenvalue weighted by molar-refractivity contribution is 0.355. The molecule has 2 aromatic rings. The van der Waals surface area contributed by atoms with Crippen LogP contribution < -0.4 is 18.9 Å². The second-order valence-electron chi connectivity index (χ2n) is 5.00. The molecule has 2 rings (SSSR count). The smallest absolute Gasteiger partial charge is 0.161 e. The molecule has 0 radical (unpaired) electrons. The molecule has 0 aliphatic rings. The van der Waals surface area contributed by atoms with Crippen molar-refractivity contribution in [3.63, 3.8) is 0 Å². The van der Waals surface area contributed by atoms with Gasteiger partial charge in [-0.05, 0) is 42.3 Å². The molecule has 0 aliphatic heterocycles. The Hall–Kier alpha value is -2.62. The third-order valence-electron chi connectivity index (χ3n) is 3.65. The molecule has 122 valence electrons. The fourth-order valence-electron chi connectivity index (χ4n) is 2.35. The summed E-state index contributed by atoms with van der Waals surface area (Å²) in [5.41, 5.74) is 3.00. The van der Waals surface area contributed by atoms with Crippen LogP contribution in [0.4, 0.5) is 0 Å². The molecule has 4 heteroatoms. The second kappa shape index (κ2) is 7.58. The molecule has 0 fully saturated rings. The van der Waals surface area contributed by atoms with Crippen molar-refractivity contribution in [3.8, 4) is 23.0 Å². The molecule has 0 N–H and O–H groups in total. The number of hydrogen-bond donors (Lipinski definition) is 0. The normalized spacial score (nSPS) is 10.7. The number of ether oxygens (including phenoxy) is 4. The number of methoxy groups -OCH3 is 4. The van der Waals surface area contributed by atoms with Gasteiger partial charge in [0.15, 0.2) is 11.5 Å². The van der Waals surface area contributed by atoms with Crippen LogP contribution in [0.15, 0.2) is 30.3 Å². The van der Waals surface area contributed by atoms with E-state index in [1.54, 1.807) is 28.4 Å². The van der Waals surface area contributed by atoms with Gasteiger partial charge in [-0.2, -0.15) is 0 Å². The summed E-state index contributed by atoms with van der Waals surface area (Å²) in [5, 5.41) is 0. The SMILES string of the molecule is COc1ccc(C=Cc2cc(OC)c(C)c(OC)c2)cc1OC. The lowest BCUT2D eigenvalue weighted by Crippen LogP contribution is -1.93. The summed E-state index contributed by atoms with van der Waals surface area (Å²) in [6.45, 7) is 1.97. The van der Waals surface area contributed by atoms with E-state index in [-0.39, 0.29) is 0 Å². The summed E-state index contributed by atoms with van der Waals surface area (Å²) >= 11 is 0. The van der Waals surface area contributed by atoms with Crippen LogP contribution in [-0.2, 0) is 0 Å². The molecule has 0 saturated heterocycles. The van der Waals surface area contributed by atoms with E-state index >= 15 is 0 Å². The van der Waals surface area contributed by atoms with Crippen molar-refractivity contribution in [2.24, 2.45) is 0 Å². The van der Waals surface area contributed by atoms with Crippen molar-refractivity contribution < 1.29 is 18.9 Å². The van der Waals surface area contributed by atoms with Crippen LogP contribution in [0.25, 0.3) is 12.2 Å². The number of rotatable bonds is 6. The number of benzene rings is 2. The van der Waals surface area contributed by atoms with Gasteiger partial charge < -0.3 is 18.9 Å². The van der Waals surface area contributed by atoms with Gasteiger partial charge in [-0.1, -0.05) is 18.2 Å². The van der Waals surface area contributed by atoms with Crippen molar-refractivity contribution in [2.45, 2.75) is 6.92 Å². The van der Waals surface area contributed by atoms with Crippen LogP contribution >= 0.6 is 0 Å². The topological polar surface area (TPSA) is 36.9 Å². The second-order valence-corrected chi connectivity index (χ2v) is 5.00. The molecule has 0 bridgehead atoms. The van der Waals surface area contributed by atoms with Gasteiger partial charge in [0, 0.05) is 5.56 Å². The predicted octanol–water partition coefficient (Wildman–Crippen LogP) is 4.20. The molecule has 4 nitrogen and oxygen atoms in total. The highest BCUT2D eigenvalue weighted by Gasteiger charge is 2.07. The molecule has 0 aromatic heterocycles. The Kier molecular flexibility index (Phi) is 5.52. The maximum absolute atomic E-state index is 5.40. The lowest BCUT2D eigenvalue weighted by Gasteiger charge is -2.11. The van der Waals surface area contributed by atoms with Crippen molar-refractivity contribution >= 4 is 12.2 Å². The molecule has 0 amide bonds. The highest BCUT2D eigenvalue weighted by atomic mass is 16.5. The average Bonchev–Trinajstić information content (AvgIpc) is 2.60. The molecule has 23 heavy (non-hydrogen) atoms. The zero-order valence-corrected chi connectivity index (χ0v) is 14.2. The quantitative estimate of drug-likeness (QED) is 0.749. The Balaban J connectivity index is 2.33. The highest BCUT2D eigenvalue weighted by Crippen LogP contribution is 2.31. The molecule has 0 unspecified atom stereocenters. The molecule has 0 atom stereocenters. The largest absolute Gasteiger partial charge is 0.496 e. The Morgan fingerprint density at radius 3 is 1.61 bits per heavy atom. The molecule has 0 saturated carbocycles. The van der Waals surface area contributed by atoms with Crippen molar-refractivity contribution in [3.05, 3.63) is 47.0 Å². The van der Waals surface area contributed by atoms with Crippen molar-refractivity contribution in [2.75, 3.05) is 28.4 Å². The summed E-state index contributed by atoms with van der Waals surface area (Å²) in [4.78, 5) is 0. The summed E-state index contributed by atoms with van der Waals surface area (Å²) < 4.78 is 21.4. The van der Waals surface area contributed by atoms with E-state index < -0.39 is 0 Å². The monoisotopic (exact) mass is 314 g/mol. The first-order chi connectivity index (χ1) is 11.1. The summed E-state index contributed by atoms with van der Waals surface area (Å²) in [7, 11) is 6.56. The van der Waals surface area contributed by atoms with E-state index in [9.17, 15) is 0 Å². The maximum Gasteiger partial charge on any atom is 0.161 e. The minimum atomic E-state index is 0.703. The highest BCUT2D eigenvalue weighted by molar-refractivity contribution is 5.72. The van der Waals surface area contributed by atoms with E-state index in [1.807, 2.05) is 49.4 Å². The maximum atomic E-state index is 5.40. The first kappa shape index (κ1) is 16.7. The van der Waals surface area contributed by atoms with Crippen LogP contribution in [-0.4, -0.2) is 28.4 Å². The van der Waals surface area contributed by atoms with Gasteiger partial charge in [0.05, 0.1) is 28.4 Å². The minimum Gasteiger partial charge on any atom is -0.496 e. The Bertz CT molecular complexity index is 680. The zero-order valence-electron chi connectivity index (χ0n) is 14.2. The van der Waals surface area contributed by atoms with E-state index in [4.69, 9.17) is 18.9 Å². The van der Waals surface area contributed by atoms with Crippen LogP contribution in [0, 0.1) is 6.92 Å². The lowest BCUT2D eigenvalue weighted by atomic mass is 10.1. The number of hydrogen-bond acceptors (Lipinski definition) is 4. The fraction of sp³-hybridized carbons (Fsp3) is 0.263. The molecule has 0 spiro atoms. The first-order valence-corrected chi connectivity index (χ1v) is 7.25. The van der Waals surface area contributed by atoms with Gasteiger partial charge in [-0.15, -0.1) is 0 Å². The van der Waals surface area contributed by atoms with Gasteiger partial charge in [0.25, 0.3) is 0 Å².